The Kier molecular flexibility index (Phi) is 2.60. The van der Waals surface area contributed by atoms with Crippen LogP contribution in [0.1, 0.15) is 0 Å². The van der Waals surface area contributed by atoms with Crippen LogP contribution < -0.4 is 0 Å². The Balaban J connectivity index is 4.40. The fourth-order valence-corrected chi connectivity index (χ4v) is 0.332. The van der Waals surface area contributed by atoms with Crippen molar-refractivity contribution >= 4 is 15.9 Å². The first-order valence-electron chi connectivity index (χ1n) is 1.63. The van der Waals surface area contributed by atoms with Gasteiger partial charge in [0.05, 0.1) is 0 Å². The van der Waals surface area contributed by atoms with E-state index in [1.165, 1.54) is 0 Å². The van der Waals surface area contributed by atoms with E-state index in [1.807, 2.05) is 0 Å². The van der Waals surface area contributed by atoms with Gasteiger partial charge in [0.2, 0.25) is 10.6 Å². The maximum atomic E-state index is 11.4. The summed E-state index contributed by atoms with van der Waals surface area (Å²) in [5.41, 5.74) is 0. The lowest BCUT2D eigenvalue weighted by Crippen LogP contribution is -2.07. The summed E-state index contributed by atoms with van der Waals surface area (Å²) in [5.74, 6) is -2.75. The minimum absolute atomic E-state index is 1.69. The molecule has 0 aliphatic heterocycles. The van der Waals surface area contributed by atoms with Crippen molar-refractivity contribution in [1.82, 2.24) is 0 Å². The second kappa shape index (κ2) is 2.64. The molecule has 0 rings (SSSR count). The first-order chi connectivity index (χ1) is 3.85. The quantitative estimate of drug-likeness (QED) is 0.540. The smallest absolute Gasteiger partial charge is 0.198 e. The molecule has 0 fully saturated rings. The fourth-order valence-electron chi connectivity index (χ4n) is 0.107. The van der Waals surface area contributed by atoms with Crippen LogP contribution >= 0.6 is 15.9 Å². The van der Waals surface area contributed by atoms with E-state index < -0.39 is 16.7 Å². The van der Waals surface area contributed by atoms with Crippen LogP contribution in [0.3, 0.4) is 0 Å². The van der Waals surface area contributed by atoms with E-state index in [0.29, 0.717) is 0 Å². The number of rotatable bonds is 0. The Hall–Kier alpha value is -0.130. The van der Waals surface area contributed by atoms with Gasteiger partial charge in [0.15, 0.2) is 0 Å². The molecule has 0 aromatic rings. The lowest BCUT2D eigenvalue weighted by Gasteiger charge is -1.99. The molecule has 0 saturated heterocycles. The summed E-state index contributed by atoms with van der Waals surface area (Å²) in [6, 6.07) is 0. The van der Waals surface area contributed by atoms with Gasteiger partial charge in [-0.3, -0.25) is 0 Å². The summed E-state index contributed by atoms with van der Waals surface area (Å²) < 4.78 is 53.6. The van der Waals surface area contributed by atoms with Gasteiger partial charge in [0, 0.05) is 0 Å². The second-order valence-electron chi connectivity index (χ2n) is 1.07. The zero-order valence-electron chi connectivity index (χ0n) is 3.77. The first kappa shape index (κ1) is 8.87. The third-order valence-electron chi connectivity index (χ3n) is 0.415. The summed E-state index contributed by atoms with van der Waals surface area (Å²) >= 11 is 1.69. The molecule has 6 heteroatoms. The Morgan fingerprint density at radius 2 is 1.44 bits per heavy atom. The second-order valence-corrected chi connectivity index (χ2v) is 1.77. The SMILES string of the molecule is FC(Br)=C(F)C(F)(F)F. The van der Waals surface area contributed by atoms with Crippen molar-refractivity contribution in [3.05, 3.63) is 10.6 Å². The summed E-state index contributed by atoms with van der Waals surface area (Å²) in [4.78, 5) is 0. The molecule has 0 aliphatic carbocycles. The first-order valence-corrected chi connectivity index (χ1v) is 2.43. The van der Waals surface area contributed by atoms with Gasteiger partial charge in [0.25, 0.3) is 0 Å². The number of hydrogen-bond donors (Lipinski definition) is 0. The molecule has 0 aromatic carbocycles. The van der Waals surface area contributed by atoms with Crippen molar-refractivity contribution in [2.24, 2.45) is 0 Å². The minimum atomic E-state index is -5.23. The van der Waals surface area contributed by atoms with Crippen molar-refractivity contribution in [2.45, 2.75) is 6.18 Å². The van der Waals surface area contributed by atoms with E-state index in [2.05, 4.69) is 0 Å². The van der Waals surface area contributed by atoms with Gasteiger partial charge in [-0.05, 0) is 15.9 Å². The molecule has 0 nitrogen and oxygen atoms in total. The largest absolute Gasteiger partial charge is 0.446 e. The predicted molar refractivity (Wildman–Crippen MR) is 24.2 cm³/mol. The molecule has 0 unspecified atom stereocenters. The number of alkyl halides is 3. The van der Waals surface area contributed by atoms with Crippen LogP contribution in [-0.4, -0.2) is 6.18 Å². The molecular weight excluding hydrogens is 211 g/mol. The summed E-state index contributed by atoms with van der Waals surface area (Å²) in [5, 5.41) is 0. The fraction of sp³-hybridized carbons (Fsp3) is 0.333. The highest BCUT2D eigenvalue weighted by Crippen LogP contribution is 2.31. The summed E-state index contributed by atoms with van der Waals surface area (Å²) in [6.07, 6.45) is -5.23. The topological polar surface area (TPSA) is 0 Å². The summed E-state index contributed by atoms with van der Waals surface area (Å²) in [7, 11) is 0. The highest BCUT2D eigenvalue weighted by molar-refractivity contribution is 9.11. The molecule has 0 heterocycles. The molecule has 0 saturated carbocycles. The molecule has 0 aliphatic rings. The monoisotopic (exact) mass is 210 g/mol. The average Bonchev–Trinajstić information content (AvgIpc) is 1.62. The molecular formula is C3BrF5. The van der Waals surface area contributed by atoms with Crippen LogP contribution in [0.5, 0.6) is 0 Å². The molecule has 0 atom stereocenters. The van der Waals surface area contributed by atoms with E-state index in [9.17, 15) is 22.0 Å². The average molecular weight is 211 g/mol. The molecule has 0 spiro atoms. The zero-order chi connectivity index (χ0) is 7.65. The van der Waals surface area contributed by atoms with Gasteiger partial charge in [-0.25, -0.2) is 0 Å². The van der Waals surface area contributed by atoms with Gasteiger partial charge in [-0.15, -0.1) is 0 Å². The molecule has 54 valence electrons. The maximum absolute atomic E-state index is 11.4. The molecule has 9 heavy (non-hydrogen) atoms. The molecule has 0 amide bonds. The van der Waals surface area contributed by atoms with Crippen molar-refractivity contribution in [2.75, 3.05) is 0 Å². The van der Waals surface area contributed by atoms with E-state index in [0.717, 1.165) is 0 Å². The maximum Gasteiger partial charge on any atom is 0.446 e. The predicted octanol–water partition coefficient (Wildman–Crippen LogP) is 3.05. The van der Waals surface area contributed by atoms with Crippen molar-refractivity contribution in [3.8, 4) is 0 Å². The van der Waals surface area contributed by atoms with Gasteiger partial charge in [-0.1, -0.05) is 0 Å². The van der Waals surface area contributed by atoms with E-state index in [4.69, 9.17) is 0 Å². The summed E-state index contributed by atoms with van der Waals surface area (Å²) in [6.45, 7) is 0. The van der Waals surface area contributed by atoms with Crippen LogP contribution in [-0.2, 0) is 0 Å². The van der Waals surface area contributed by atoms with Crippen LogP contribution in [0.15, 0.2) is 10.6 Å². The van der Waals surface area contributed by atoms with Crippen LogP contribution in [0.25, 0.3) is 0 Å². The lowest BCUT2D eigenvalue weighted by atomic mass is 10.6. The lowest BCUT2D eigenvalue weighted by molar-refractivity contribution is -0.110. The third-order valence-corrected chi connectivity index (χ3v) is 0.763. The minimum Gasteiger partial charge on any atom is -0.198 e. The van der Waals surface area contributed by atoms with Crippen molar-refractivity contribution < 1.29 is 22.0 Å². The number of allylic oxidation sites excluding steroid dienone is 1. The van der Waals surface area contributed by atoms with Crippen molar-refractivity contribution in [3.63, 3.8) is 0 Å². The molecule has 0 N–H and O–H groups in total. The van der Waals surface area contributed by atoms with Crippen LogP contribution in [0.4, 0.5) is 22.0 Å². The van der Waals surface area contributed by atoms with Gasteiger partial charge in [-0.2, -0.15) is 22.0 Å². The standard InChI is InChI=1S/C3BrF5/c4-2(6)1(5)3(7,8)9. The van der Waals surface area contributed by atoms with E-state index >= 15 is 0 Å². The Bertz CT molecular complexity index is 130. The third kappa shape index (κ3) is 2.78. The van der Waals surface area contributed by atoms with E-state index in [-0.39, 0.29) is 0 Å². The normalized spacial score (nSPS) is 15.3. The highest BCUT2D eigenvalue weighted by atomic mass is 79.9. The Morgan fingerprint density at radius 1 is 1.11 bits per heavy atom. The molecule has 0 aromatic heterocycles. The zero-order valence-corrected chi connectivity index (χ0v) is 5.35. The van der Waals surface area contributed by atoms with Gasteiger partial charge >= 0.3 is 6.18 Å². The molecule has 0 radical (unpaired) electrons. The van der Waals surface area contributed by atoms with Gasteiger partial charge in [0.1, 0.15) is 0 Å². The number of hydrogen-bond acceptors (Lipinski definition) is 0. The van der Waals surface area contributed by atoms with Gasteiger partial charge < -0.3 is 0 Å². The Morgan fingerprint density at radius 3 is 1.44 bits per heavy atom. The van der Waals surface area contributed by atoms with Crippen LogP contribution in [0, 0.1) is 0 Å². The molecule has 0 bridgehead atoms. The van der Waals surface area contributed by atoms with Crippen LogP contribution in [0.2, 0.25) is 0 Å². The van der Waals surface area contributed by atoms with E-state index in [1.54, 1.807) is 15.9 Å². The number of halogens is 6. The van der Waals surface area contributed by atoms with Crippen molar-refractivity contribution in [1.29, 1.82) is 0 Å². The Labute approximate surface area is 55.5 Å². The highest BCUT2D eigenvalue weighted by Gasteiger charge is 2.37.